The number of hydrogen-bond acceptors (Lipinski definition) is 4. The van der Waals surface area contributed by atoms with E-state index in [-0.39, 0.29) is 17.4 Å². The van der Waals surface area contributed by atoms with E-state index in [4.69, 9.17) is 0 Å². The molecule has 148 valence electrons. The minimum absolute atomic E-state index is 0.0946. The SMILES string of the molecule is CSc1ccc(-c2ccc3n(c2=O)C[C@H]2C[C@@H]3CN(C(=O)CN(C)C)C2)cc1. The molecule has 1 fully saturated rings. The van der Waals surface area contributed by atoms with Crippen molar-refractivity contribution in [1.82, 2.24) is 14.4 Å². The summed E-state index contributed by atoms with van der Waals surface area (Å²) < 4.78 is 1.96. The van der Waals surface area contributed by atoms with Crippen LogP contribution in [0.5, 0.6) is 0 Å². The van der Waals surface area contributed by atoms with Gasteiger partial charge < -0.3 is 14.4 Å². The zero-order chi connectivity index (χ0) is 19.8. The van der Waals surface area contributed by atoms with Crippen LogP contribution in [0.25, 0.3) is 11.1 Å². The molecule has 2 aliphatic rings. The lowest BCUT2D eigenvalue weighted by molar-refractivity contribution is -0.134. The highest BCUT2D eigenvalue weighted by Crippen LogP contribution is 2.36. The molecular weight excluding hydrogens is 370 g/mol. The van der Waals surface area contributed by atoms with E-state index in [1.165, 1.54) is 4.90 Å². The summed E-state index contributed by atoms with van der Waals surface area (Å²) >= 11 is 1.70. The molecule has 1 saturated heterocycles. The second kappa shape index (κ2) is 7.76. The van der Waals surface area contributed by atoms with Gasteiger partial charge in [0, 0.05) is 41.7 Å². The maximum Gasteiger partial charge on any atom is 0.258 e. The van der Waals surface area contributed by atoms with Crippen LogP contribution in [0.4, 0.5) is 0 Å². The molecule has 0 N–H and O–H groups in total. The van der Waals surface area contributed by atoms with Gasteiger partial charge in [-0.25, -0.2) is 0 Å². The fourth-order valence-electron chi connectivity index (χ4n) is 4.51. The van der Waals surface area contributed by atoms with Crippen molar-refractivity contribution >= 4 is 17.7 Å². The van der Waals surface area contributed by atoms with Gasteiger partial charge in [-0.15, -0.1) is 11.8 Å². The van der Waals surface area contributed by atoms with Crippen molar-refractivity contribution in [2.24, 2.45) is 5.92 Å². The molecule has 1 aromatic carbocycles. The number of carbonyl (C=O) groups excluding carboxylic acids is 1. The summed E-state index contributed by atoms with van der Waals surface area (Å²) in [5.41, 5.74) is 2.90. The third-order valence-electron chi connectivity index (χ3n) is 5.81. The number of likely N-dealkylation sites (tertiary alicyclic amines) is 1. The van der Waals surface area contributed by atoms with Crippen molar-refractivity contribution in [3.05, 3.63) is 52.4 Å². The fourth-order valence-corrected chi connectivity index (χ4v) is 4.92. The van der Waals surface area contributed by atoms with Gasteiger partial charge in [0.15, 0.2) is 0 Å². The summed E-state index contributed by atoms with van der Waals surface area (Å²) in [5.74, 6) is 0.782. The highest BCUT2D eigenvalue weighted by Gasteiger charge is 2.36. The number of amides is 1. The molecule has 1 amide bonds. The Bertz CT molecular complexity index is 936. The molecule has 2 atom stereocenters. The first-order valence-electron chi connectivity index (χ1n) is 9.77. The van der Waals surface area contributed by atoms with Crippen molar-refractivity contribution in [1.29, 1.82) is 0 Å². The predicted molar refractivity (Wildman–Crippen MR) is 114 cm³/mol. The summed E-state index contributed by atoms with van der Waals surface area (Å²) in [7, 11) is 3.84. The Kier molecular flexibility index (Phi) is 5.34. The summed E-state index contributed by atoms with van der Waals surface area (Å²) in [4.78, 5) is 30.9. The largest absolute Gasteiger partial charge is 0.341 e. The monoisotopic (exact) mass is 397 g/mol. The molecule has 3 heterocycles. The Balaban J connectivity index is 1.63. The number of carbonyl (C=O) groups is 1. The van der Waals surface area contributed by atoms with E-state index >= 15 is 0 Å². The fraction of sp³-hybridized carbons (Fsp3) is 0.455. The number of piperidine rings is 1. The lowest BCUT2D eigenvalue weighted by atomic mass is 9.82. The second-order valence-electron chi connectivity index (χ2n) is 8.15. The lowest BCUT2D eigenvalue weighted by Crippen LogP contribution is -2.51. The van der Waals surface area contributed by atoms with Crippen LogP contribution in [0.3, 0.4) is 0 Å². The van der Waals surface area contributed by atoms with Crippen LogP contribution in [0.1, 0.15) is 18.0 Å². The molecule has 6 heteroatoms. The van der Waals surface area contributed by atoms with E-state index in [2.05, 4.69) is 18.2 Å². The van der Waals surface area contributed by atoms with Gasteiger partial charge in [-0.05, 0) is 62.5 Å². The minimum atomic E-state index is 0.0946. The summed E-state index contributed by atoms with van der Waals surface area (Å²) in [6.45, 7) is 2.61. The van der Waals surface area contributed by atoms with Gasteiger partial charge in [0.05, 0.1) is 6.54 Å². The standard InChI is InChI=1S/C22H27N3O2S/c1-23(2)14-21(26)24-11-15-10-17(13-24)20-9-8-19(22(27)25(20)12-15)16-4-6-18(28-3)7-5-16/h4-9,15,17H,10-14H2,1-3H3/t15-,17+/m0/s1. The Morgan fingerprint density at radius 1 is 1.11 bits per heavy atom. The average Bonchev–Trinajstić information content (AvgIpc) is 2.68. The predicted octanol–water partition coefficient (Wildman–Crippen LogP) is 2.74. The molecule has 0 unspecified atom stereocenters. The molecule has 28 heavy (non-hydrogen) atoms. The van der Waals surface area contributed by atoms with Crippen molar-refractivity contribution in [3.63, 3.8) is 0 Å². The molecule has 5 nitrogen and oxygen atoms in total. The van der Waals surface area contributed by atoms with E-state index in [1.807, 2.05) is 52.9 Å². The first kappa shape index (κ1) is 19.3. The zero-order valence-corrected chi connectivity index (χ0v) is 17.5. The zero-order valence-electron chi connectivity index (χ0n) is 16.7. The van der Waals surface area contributed by atoms with Crippen molar-refractivity contribution in [3.8, 4) is 11.1 Å². The molecule has 2 aliphatic heterocycles. The first-order chi connectivity index (χ1) is 13.5. The van der Waals surface area contributed by atoms with Crippen molar-refractivity contribution < 1.29 is 4.79 Å². The Labute approximate surface area is 170 Å². The molecule has 0 aliphatic carbocycles. The summed E-state index contributed by atoms with van der Waals surface area (Å²) in [6, 6.07) is 12.2. The van der Waals surface area contributed by atoms with Gasteiger partial charge in [-0.2, -0.15) is 0 Å². The van der Waals surface area contributed by atoms with Crippen LogP contribution in [0.15, 0.2) is 46.1 Å². The Morgan fingerprint density at radius 2 is 1.86 bits per heavy atom. The topological polar surface area (TPSA) is 45.6 Å². The normalized spacial score (nSPS) is 20.9. The summed E-state index contributed by atoms with van der Waals surface area (Å²) in [6.07, 6.45) is 3.11. The van der Waals surface area contributed by atoms with Gasteiger partial charge >= 0.3 is 0 Å². The molecule has 1 aromatic heterocycles. The molecule has 0 saturated carbocycles. The molecule has 0 spiro atoms. The highest BCUT2D eigenvalue weighted by molar-refractivity contribution is 7.98. The number of likely N-dealkylation sites (N-methyl/N-ethyl adjacent to an activating group) is 1. The number of fused-ring (bicyclic) bond motifs is 4. The Hall–Kier alpha value is -2.05. The lowest BCUT2D eigenvalue weighted by Gasteiger charge is -2.43. The van der Waals surface area contributed by atoms with E-state index in [9.17, 15) is 9.59 Å². The second-order valence-corrected chi connectivity index (χ2v) is 9.03. The van der Waals surface area contributed by atoms with Gasteiger partial charge in [0.25, 0.3) is 5.56 Å². The van der Waals surface area contributed by atoms with E-state index in [0.29, 0.717) is 25.6 Å². The molecule has 0 radical (unpaired) electrons. The molecule has 4 rings (SSSR count). The van der Waals surface area contributed by atoms with Gasteiger partial charge in [0.1, 0.15) is 0 Å². The van der Waals surface area contributed by atoms with Crippen molar-refractivity contribution in [2.45, 2.75) is 23.8 Å². The van der Waals surface area contributed by atoms with E-state index < -0.39 is 0 Å². The van der Waals surface area contributed by atoms with Crippen LogP contribution >= 0.6 is 11.8 Å². The number of hydrogen-bond donors (Lipinski definition) is 0. The third kappa shape index (κ3) is 3.63. The average molecular weight is 398 g/mol. The highest BCUT2D eigenvalue weighted by atomic mass is 32.2. The van der Waals surface area contributed by atoms with E-state index in [1.54, 1.807) is 11.8 Å². The van der Waals surface area contributed by atoms with E-state index in [0.717, 1.165) is 29.8 Å². The van der Waals surface area contributed by atoms with Crippen LogP contribution in [-0.4, -0.2) is 60.3 Å². The van der Waals surface area contributed by atoms with Crippen LogP contribution < -0.4 is 5.56 Å². The van der Waals surface area contributed by atoms with Gasteiger partial charge in [0.2, 0.25) is 5.91 Å². The number of pyridine rings is 1. The van der Waals surface area contributed by atoms with Crippen LogP contribution in [0, 0.1) is 5.92 Å². The summed E-state index contributed by atoms with van der Waals surface area (Å²) in [5, 5.41) is 0. The third-order valence-corrected chi connectivity index (χ3v) is 6.55. The molecule has 2 aromatic rings. The number of thioether (sulfide) groups is 1. The van der Waals surface area contributed by atoms with Crippen LogP contribution in [-0.2, 0) is 11.3 Å². The number of benzene rings is 1. The maximum atomic E-state index is 13.2. The van der Waals surface area contributed by atoms with Crippen LogP contribution in [0.2, 0.25) is 0 Å². The van der Waals surface area contributed by atoms with Gasteiger partial charge in [-0.3, -0.25) is 9.59 Å². The maximum absolute atomic E-state index is 13.2. The quantitative estimate of drug-likeness (QED) is 0.745. The first-order valence-corrected chi connectivity index (χ1v) is 11.0. The number of rotatable bonds is 4. The Morgan fingerprint density at radius 3 is 2.54 bits per heavy atom. The number of aromatic nitrogens is 1. The smallest absolute Gasteiger partial charge is 0.258 e. The van der Waals surface area contributed by atoms with Crippen molar-refractivity contribution in [2.75, 3.05) is 40.0 Å². The van der Waals surface area contributed by atoms with Gasteiger partial charge in [-0.1, -0.05) is 12.1 Å². The molecule has 2 bridgehead atoms. The number of nitrogens with zero attached hydrogens (tertiary/aromatic N) is 3. The molecular formula is C22H27N3O2S. The minimum Gasteiger partial charge on any atom is -0.341 e.